The van der Waals surface area contributed by atoms with Crippen LogP contribution in [0.5, 0.6) is 5.75 Å². The number of nitrogens with one attached hydrogen (secondary N) is 1. The summed E-state index contributed by atoms with van der Waals surface area (Å²) >= 11 is 0. The fourth-order valence-corrected chi connectivity index (χ4v) is 2.29. The molecule has 1 aliphatic rings. The third-order valence-electron chi connectivity index (χ3n) is 3.79. The van der Waals surface area contributed by atoms with Crippen molar-refractivity contribution in [1.29, 1.82) is 0 Å². The molecule has 1 aromatic heterocycles. The third-order valence-corrected chi connectivity index (χ3v) is 3.79. The van der Waals surface area contributed by atoms with E-state index in [4.69, 9.17) is 4.74 Å². The van der Waals surface area contributed by atoms with Gasteiger partial charge >= 0.3 is 5.97 Å². The number of rotatable bonds is 6. The molecule has 1 N–H and O–H groups in total. The second kappa shape index (κ2) is 7.29. The largest absolute Gasteiger partial charge is 0.422 e. The van der Waals surface area contributed by atoms with Gasteiger partial charge in [-0.3, -0.25) is 9.59 Å². The Kier molecular flexibility index (Phi) is 4.92. The molecule has 0 unspecified atom stereocenters. The molecule has 7 nitrogen and oxygen atoms in total. The summed E-state index contributed by atoms with van der Waals surface area (Å²) < 4.78 is 6.51. The number of anilines is 1. The van der Waals surface area contributed by atoms with Crippen LogP contribution in [-0.4, -0.2) is 21.7 Å². The van der Waals surface area contributed by atoms with Crippen molar-refractivity contribution >= 4 is 17.6 Å². The summed E-state index contributed by atoms with van der Waals surface area (Å²) in [6.45, 7) is 2.36. The molecule has 1 heterocycles. The number of amides is 1. The first kappa shape index (κ1) is 16.9. The van der Waals surface area contributed by atoms with Gasteiger partial charge in [-0.25, -0.2) is 9.48 Å². The topological polar surface area (TPSA) is 90.3 Å². The Labute approximate surface area is 144 Å². The van der Waals surface area contributed by atoms with Gasteiger partial charge in [0.1, 0.15) is 5.75 Å². The van der Waals surface area contributed by atoms with E-state index in [1.807, 2.05) is 6.92 Å². The number of nitrogens with zero attached hydrogens (tertiary/aromatic N) is 2. The number of ether oxygens (including phenoxy) is 1. The summed E-state index contributed by atoms with van der Waals surface area (Å²) in [4.78, 5) is 35.5. The van der Waals surface area contributed by atoms with Crippen LogP contribution in [0, 0.1) is 5.92 Å². The summed E-state index contributed by atoms with van der Waals surface area (Å²) in [5.74, 6) is -0.154. The van der Waals surface area contributed by atoms with E-state index in [1.54, 1.807) is 24.3 Å². The molecule has 25 heavy (non-hydrogen) atoms. The minimum atomic E-state index is -0.639. The SMILES string of the molecule is CCCn1nc(C(=O)Oc2ccc(NC(=O)C3CC3)cc2)ccc1=O. The van der Waals surface area contributed by atoms with E-state index in [0.29, 0.717) is 18.0 Å². The molecule has 0 saturated heterocycles. The molecule has 0 atom stereocenters. The van der Waals surface area contributed by atoms with E-state index in [2.05, 4.69) is 10.4 Å². The zero-order chi connectivity index (χ0) is 17.8. The van der Waals surface area contributed by atoms with Crippen molar-refractivity contribution in [2.45, 2.75) is 32.7 Å². The predicted octanol–water partition coefficient (Wildman–Crippen LogP) is 2.22. The second-order valence-corrected chi connectivity index (χ2v) is 5.96. The predicted molar refractivity (Wildman–Crippen MR) is 91.5 cm³/mol. The van der Waals surface area contributed by atoms with Gasteiger partial charge in [0.25, 0.3) is 5.56 Å². The van der Waals surface area contributed by atoms with Gasteiger partial charge in [-0.2, -0.15) is 5.10 Å². The van der Waals surface area contributed by atoms with Crippen LogP contribution in [-0.2, 0) is 11.3 Å². The maximum absolute atomic E-state index is 12.2. The van der Waals surface area contributed by atoms with Crippen molar-refractivity contribution in [1.82, 2.24) is 9.78 Å². The standard InChI is InChI=1S/C18H19N3O4/c1-2-11-21-16(22)10-9-15(20-21)18(24)25-14-7-5-13(6-8-14)19-17(23)12-3-4-12/h5-10,12H,2-4,11H2,1H3,(H,19,23). The summed E-state index contributed by atoms with van der Waals surface area (Å²) in [5, 5.41) is 6.83. The van der Waals surface area contributed by atoms with Crippen molar-refractivity contribution in [2.24, 2.45) is 5.92 Å². The van der Waals surface area contributed by atoms with Crippen LogP contribution in [0.15, 0.2) is 41.2 Å². The van der Waals surface area contributed by atoms with Crippen molar-refractivity contribution in [3.63, 3.8) is 0 Å². The van der Waals surface area contributed by atoms with Crippen LogP contribution >= 0.6 is 0 Å². The highest BCUT2D eigenvalue weighted by atomic mass is 16.5. The first-order valence-corrected chi connectivity index (χ1v) is 8.28. The molecule has 1 aromatic carbocycles. The first-order valence-electron chi connectivity index (χ1n) is 8.28. The number of hydrogen-bond donors (Lipinski definition) is 1. The van der Waals surface area contributed by atoms with Gasteiger partial charge in [0.2, 0.25) is 5.91 Å². The van der Waals surface area contributed by atoms with Crippen molar-refractivity contribution < 1.29 is 14.3 Å². The molecule has 2 aromatic rings. The van der Waals surface area contributed by atoms with Gasteiger partial charge in [0.15, 0.2) is 5.69 Å². The Morgan fingerprint density at radius 3 is 2.56 bits per heavy atom. The molecule has 0 bridgehead atoms. The Balaban J connectivity index is 1.65. The van der Waals surface area contributed by atoms with E-state index >= 15 is 0 Å². The lowest BCUT2D eigenvalue weighted by Crippen LogP contribution is -2.25. The van der Waals surface area contributed by atoms with E-state index in [1.165, 1.54) is 16.8 Å². The number of aromatic nitrogens is 2. The van der Waals surface area contributed by atoms with Gasteiger partial charge in [0.05, 0.1) is 0 Å². The lowest BCUT2D eigenvalue weighted by atomic mass is 10.3. The molecule has 0 aliphatic heterocycles. The molecule has 1 saturated carbocycles. The highest BCUT2D eigenvalue weighted by Crippen LogP contribution is 2.30. The Hall–Kier alpha value is -2.96. The lowest BCUT2D eigenvalue weighted by molar-refractivity contribution is -0.117. The second-order valence-electron chi connectivity index (χ2n) is 5.96. The highest BCUT2D eigenvalue weighted by Gasteiger charge is 2.29. The molecular formula is C18H19N3O4. The lowest BCUT2D eigenvalue weighted by Gasteiger charge is -2.08. The number of carbonyl (C=O) groups is 2. The summed E-state index contributed by atoms with van der Waals surface area (Å²) in [6.07, 6.45) is 2.61. The van der Waals surface area contributed by atoms with E-state index in [9.17, 15) is 14.4 Å². The summed E-state index contributed by atoms with van der Waals surface area (Å²) in [6, 6.07) is 9.20. The van der Waals surface area contributed by atoms with Gasteiger partial charge in [0, 0.05) is 24.2 Å². The fourth-order valence-electron chi connectivity index (χ4n) is 2.29. The van der Waals surface area contributed by atoms with Gasteiger partial charge in [-0.05, 0) is 49.6 Å². The minimum Gasteiger partial charge on any atom is -0.422 e. The fraction of sp³-hybridized carbons (Fsp3) is 0.333. The Bertz CT molecular complexity index is 838. The minimum absolute atomic E-state index is 0.0205. The molecule has 1 fully saturated rings. The molecule has 7 heteroatoms. The van der Waals surface area contributed by atoms with E-state index in [0.717, 1.165) is 19.3 Å². The van der Waals surface area contributed by atoms with Crippen molar-refractivity contribution in [3.05, 3.63) is 52.4 Å². The number of carbonyl (C=O) groups excluding carboxylic acids is 2. The molecule has 0 spiro atoms. The molecule has 1 aliphatic carbocycles. The quantitative estimate of drug-likeness (QED) is 0.643. The number of hydrogen-bond acceptors (Lipinski definition) is 5. The molecule has 1 amide bonds. The smallest absolute Gasteiger partial charge is 0.364 e. The first-order chi connectivity index (χ1) is 12.1. The van der Waals surface area contributed by atoms with Crippen molar-refractivity contribution in [3.8, 4) is 5.75 Å². The molecular weight excluding hydrogens is 322 g/mol. The average molecular weight is 341 g/mol. The molecule has 130 valence electrons. The zero-order valence-corrected chi connectivity index (χ0v) is 13.9. The van der Waals surface area contributed by atoms with Crippen molar-refractivity contribution in [2.75, 3.05) is 5.32 Å². The average Bonchev–Trinajstić information content (AvgIpc) is 3.44. The third kappa shape index (κ3) is 4.32. The zero-order valence-electron chi connectivity index (χ0n) is 13.9. The number of esters is 1. The maximum atomic E-state index is 12.2. The molecule has 0 radical (unpaired) electrons. The van der Waals surface area contributed by atoms with Crippen LogP contribution in [0.1, 0.15) is 36.7 Å². The Morgan fingerprint density at radius 1 is 1.20 bits per heavy atom. The van der Waals surface area contributed by atoms with Crippen LogP contribution in [0.4, 0.5) is 5.69 Å². The van der Waals surface area contributed by atoms with Crippen LogP contribution in [0.2, 0.25) is 0 Å². The molecule has 3 rings (SSSR count). The Morgan fingerprint density at radius 2 is 1.92 bits per heavy atom. The monoisotopic (exact) mass is 341 g/mol. The van der Waals surface area contributed by atoms with Crippen LogP contribution < -0.4 is 15.6 Å². The van der Waals surface area contributed by atoms with E-state index < -0.39 is 5.97 Å². The summed E-state index contributed by atoms with van der Waals surface area (Å²) in [7, 11) is 0. The van der Waals surface area contributed by atoms with Crippen LogP contribution in [0.3, 0.4) is 0 Å². The maximum Gasteiger partial charge on any atom is 0.364 e. The normalized spacial score (nSPS) is 13.3. The van der Waals surface area contributed by atoms with Gasteiger partial charge in [-0.15, -0.1) is 0 Å². The highest BCUT2D eigenvalue weighted by molar-refractivity contribution is 5.94. The number of aryl methyl sites for hydroxylation is 1. The summed E-state index contributed by atoms with van der Waals surface area (Å²) in [5.41, 5.74) is 0.472. The van der Waals surface area contributed by atoms with Gasteiger partial charge < -0.3 is 10.1 Å². The van der Waals surface area contributed by atoms with E-state index in [-0.39, 0.29) is 23.1 Å². The number of benzene rings is 1. The van der Waals surface area contributed by atoms with Gasteiger partial charge in [-0.1, -0.05) is 6.92 Å². The van der Waals surface area contributed by atoms with Crippen LogP contribution in [0.25, 0.3) is 0 Å².